The highest BCUT2D eigenvalue weighted by Gasteiger charge is 2.35. The van der Waals surface area contributed by atoms with E-state index >= 15 is 0 Å². The van der Waals surface area contributed by atoms with Gasteiger partial charge in [0.1, 0.15) is 0 Å². The van der Waals surface area contributed by atoms with E-state index in [2.05, 4.69) is 20.7 Å². The average Bonchev–Trinajstić information content (AvgIpc) is 3.24. The Kier molecular flexibility index (Phi) is 6.24. The maximum atomic E-state index is 13.3. The monoisotopic (exact) mass is 474 g/mol. The molecular weight excluding hydrogens is 453 g/mol. The van der Waals surface area contributed by atoms with Crippen LogP contribution in [0.15, 0.2) is 48.9 Å². The minimum atomic E-state index is -4.48. The molecule has 2 aromatic heterocycles. The van der Waals surface area contributed by atoms with E-state index in [0.717, 1.165) is 12.1 Å². The molecule has 0 unspecified atom stereocenters. The van der Waals surface area contributed by atoms with Crippen molar-refractivity contribution in [2.24, 2.45) is 0 Å². The molecule has 0 spiro atoms. The fraction of sp³-hybridized carbons (Fsp3) is 0.273. The van der Waals surface area contributed by atoms with Crippen LogP contribution >= 0.6 is 0 Å². The van der Waals surface area contributed by atoms with E-state index in [1.165, 1.54) is 46.4 Å². The maximum Gasteiger partial charge on any atom is 0.416 e. The zero-order chi connectivity index (χ0) is 24.5. The molecule has 34 heavy (non-hydrogen) atoms. The lowest BCUT2D eigenvalue weighted by Crippen LogP contribution is -2.43. The molecular formula is C22H21F3N6O3. The number of fused-ring (bicyclic) bond motifs is 1. The number of nitrogens with zero attached hydrogens (tertiary/aromatic N) is 4. The van der Waals surface area contributed by atoms with Crippen molar-refractivity contribution in [3.05, 3.63) is 65.7 Å². The summed E-state index contributed by atoms with van der Waals surface area (Å²) in [6, 6.07) is 5.53. The number of alkyl halides is 3. The van der Waals surface area contributed by atoms with Gasteiger partial charge in [-0.2, -0.15) is 18.3 Å². The number of anilines is 3. The fourth-order valence-corrected chi connectivity index (χ4v) is 3.72. The Morgan fingerprint density at radius 3 is 2.59 bits per heavy atom. The molecule has 1 atom stereocenters. The molecule has 0 aliphatic carbocycles. The smallest absolute Gasteiger partial charge is 0.395 e. The molecule has 12 heteroatoms. The molecule has 0 bridgehead atoms. The molecule has 0 saturated carbocycles. The van der Waals surface area contributed by atoms with Crippen molar-refractivity contribution in [3.8, 4) is 0 Å². The van der Waals surface area contributed by atoms with Crippen molar-refractivity contribution in [2.45, 2.75) is 19.1 Å². The van der Waals surface area contributed by atoms with Crippen molar-refractivity contribution in [2.75, 3.05) is 35.2 Å². The number of halogens is 3. The van der Waals surface area contributed by atoms with E-state index in [-0.39, 0.29) is 42.7 Å². The van der Waals surface area contributed by atoms with Crippen LogP contribution in [0.4, 0.5) is 30.2 Å². The summed E-state index contributed by atoms with van der Waals surface area (Å²) in [5.74, 6) is -1.02. The van der Waals surface area contributed by atoms with E-state index in [0.29, 0.717) is 11.4 Å². The van der Waals surface area contributed by atoms with Crippen LogP contribution in [0.25, 0.3) is 0 Å². The standard InChI is InChI=1S/C22H21F3N6O3/c1-13-12-30(15-4-2-14(3-5-15)22(23,24)25)21(34)19-18(11-28-31(13)19)29-20(33)16-6-7-26-10-17(16)27-8-9-32/h2-7,10-11,13,27,32H,8-9,12H2,1H3,(H,29,33)/t13-/m0/s1. The Bertz CT molecular complexity index is 1210. The molecule has 0 saturated heterocycles. The summed E-state index contributed by atoms with van der Waals surface area (Å²) in [7, 11) is 0. The van der Waals surface area contributed by atoms with Gasteiger partial charge in [-0.25, -0.2) is 0 Å². The molecule has 3 N–H and O–H groups in total. The second kappa shape index (κ2) is 9.14. The number of aliphatic hydroxyl groups is 1. The Labute approximate surface area is 192 Å². The third kappa shape index (κ3) is 4.44. The van der Waals surface area contributed by atoms with Gasteiger partial charge in [-0.1, -0.05) is 0 Å². The highest BCUT2D eigenvalue weighted by Crippen LogP contribution is 2.33. The summed E-state index contributed by atoms with van der Waals surface area (Å²) in [5.41, 5.74) is 0.434. The van der Waals surface area contributed by atoms with E-state index in [1.807, 2.05) is 6.92 Å². The predicted molar refractivity (Wildman–Crippen MR) is 118 cm³/mol. The van der Waals surface area contributed by atoms with Gasteiger partial charge in [0.2, 0.25) is 0 Å². The molecule has 2 amide bonds. The lowest BCUT2D eigenvalue weighted by atomic mass is 10.1. The van der Waals surface area contributed by atoms with Gasteiger partial charge in [0.15, 0.2) is 5.69 Å². The van der Waals surface area contributed by atoms with Crippen LogP contribution in [0, 0.1) is 0 Å². The quantitative estimate of drug-likeness (QED) is 0.506. The highest BCUT2D eigenvalue weighted by molar-refractivity contribution is 6.14. The van der Waals surface area contributed by atoms with Crippen molar-refractivity contribution in [3.63, 3.8) is 0 Å². The van der Waals surface area contributed by atoms with Gasteiger partial charge in [0.05, 0.1) is 47.5 Å². The molecule has 1 aliphatic rings. The topological polar surface area (TPSA) is 112 Å². The normalized spacial score (nSPS) is 15.7. The van der Waals surface area contributed by atoms with Crippen molar-refractivity contribution in [1.82, 2.24) is 14.8 Å². The molecule has 1 aromatic carbocycles. The number of nitrogens with one attached hydrogen (secondary N) is 2. The van der Waals surface area contributed by atoms with Gasteiger partial charge in [-0.15, -0.1) is 0 Å². The van der Waals surface area contributed by atoms with E-state index < -0.39 is 23.6 Å². The van der Waals surface area contributed by atoms with Crippen LogP contribution < -0.4 is 15.5 Å². The number of carbonyl (C=O) groups excluding carboxylic acids is 2. The first-order valence-electron chi connectivity index (χ1n) is 10.4. The Balaban J connectivity index is 1.61. The first kappa shape index (κ1) is 23.2. The summed E-state index contributed by atoms with van der Waals surface area (Å²) < 4.78 is 40.2. The number of rotatable bonds is 6. The first-order valence-corrected chi connectivity index (χ1v) is 10.4. The van der Waals surface area contributed by atoms with Crippen LogP contribution in [0.5, 0.6) is 0 Å². The van der Waals surface area contributed by atoms with Crippen LogP contribution in [-0.2, 0) is 6.18 Å². The van der Waals surface area contributed by atoms with Gasteiger partial charge in [-0.05, 0) is 37.3 Å². The zero-order valence-corrected chi connectivity index (χ0v) is 18.0. The minimum absolute atomic E-state index is 0.117. The highest BCUT2D eigenvalue weighted by atomic mass is 19.4. The number of benzene rings is 1. The Hall–Kier alpha value is -3.93. The summed E-state index contributed by atoms with van der Waals surface area (Å²) in [5, 5.41) is 18.8. The summed E-state index contributed by atoms with van der Waals surface area (Å²) in [6.45, 7) is 2.09. The van der Waals surface area contributed by atoms with Crippen molar-refractivity contribution < 1.29 is 27.9 Å². The second-order valence-electron chi connectivity index (χ2n) is 7.69. The number of hydrogen-bond donors (Lipinski definition) is 3. The van der Waals surface area contributed by atoms with Crippen LogP contribution in [0.3, 0.4) is 0 Å². The summed E-state index contributed by atoms with van der Waals surface area (Å²) in [6.07, 6.45) is -0.241. The fourth-order valence-electron chi connectivity index (χ4n) is 3.72. The number of hydrogen-bond acceptors (Lipinski definition) is 6. The van der Waals surface area contributed by atoms with Gasteiger partial charge >= 0.3 is 6.18 Å². The van der Waals surface area contributed by atoms with E-state index in [4.69, 9.17) is 5.11 Å². The van der Waals surface area contributed by atoms with Crippen LogP contribution in [-0.4, -0.2) is 51.4 Å². The largest absolute Gasteiger partial charge is 0.416 e. The second-order valence-corrected chi connectivity index (χ2v) is 7.69. The zero-order valence-electron chi connectivity index (χ0n) is 18.0. The summed E-state index contributed by atoms with van der Waals surface area (Å²) in [4.78, 5) is 31.6. The average molecular weight is 474 g/mol. The maximum absolute atomic E-state index is 13.3. The lowest BCUT2D eigenvalue weighted by molar-refractivity contribution is -0.137. The number of pyridine rings is 1. The van der Waals surface area contributed by atoms with Crippen LogP contribution in [0.1, 0.15) is 39.4 Å². The molecule has 3 aromatic rings. The van der Waals surface area contributed by atoms with Gasteiger partial charge < -0.3 is 20.6 Å². The SMILES string of the molecule is C[C@H]1CN(c2ccc(C(F)(F)F)cc2)C(=O)c2c(NC(=O)c3ccncc3NCCO)cnn21. The number of amides is 2. The minimum Gasteiger partial charge on any atom is -0.395 e. The lowest BCUT2D eigenvalue weighted by Gasteiger charge is -2.32. The molecule has 9 nitrogen and oxygen atoms in total. The third-order valence-corrected chi connectivity index (χ3v) is 5.35. The van der Waals surface area contributed by atoms with Crippen molar-refractivity contribution in [1.29, 1.82) is 0 Å². The summed E-state index contributed by atoms with van der Waals surface area (Å²) >= 11 is 0. The molecule has 1 aliphatic heterocycles. The molecule has 4 rings (SSSR count). The van der Waals surface area contributed by atoms with E-state index in [9.17, 15) is 22.8 Å². The number of aromatic nitrogens is 3. The van der Waals surface area contributed by atoms with Gasteiger partial charge in [0.25, 0.3) is 11.8 Å². The number of aliphatic hydroxyl groups excluding tert-OH is 1. The Morgan fingerprint density at radius 1 is 1.18 bits per heavy atom. The molecule has 0 radical (unpaired) electrons. The van der Waals surface area contributed by atoms with Gasteiger partial charge in [0, 0.05) is 25.0 Å². The van der Waals surface area contributed by atoms with E-state index in [1.54, 1.807) is 0 Å². The molecule has 178 valence electrons. The van der Waals surface area contributed by atoms with Gasteiger partial charge in [-0.3, -0.25) is 19.3 Å². The molecule has 0 fully saturated rings. The first-order chi connectivity index (χ1) is 16.2. The number of carbonyl (C=O) groups is 2. The van der Waals surface area contributed by atoms with Crippen LogP contribution in [0.2, 0.25) is 0 Å². The third-order valence-electron chi connectivity index (χ3n) is 5.35. The van der Waals surface area contributed by atoms with Crippen molar-refractivity contribution >= 4 is 28.9 Å². The Morgan fingerprint density at radius 2 is 1.91 bits per heavy atom. The molecule has 3 heterocycles. The predicted octanol–water partition coefficient (Wildman–Crippen LogP) is 3.17.